The van der Waals surface area contributed by atoms with Crippen LogP contribution >= 0.6 is 15.9 Å². The number of allylic oxidation sites excluding steroid dienone is 2. The van der Waals surface area contributed by atoms with E-state index in [-0.39, 0.29) is 0 Å². The Balaban J connectivity index is 3.15. The minimum atomic E-state index is 0.471. The van der Waals surface area contributed by atoms with Crippen LogP contribution in [0, 0.1) is 0 Å². The number of benzene rings is 1. The summed E-state index contributed by atoms with van der Waals surface area (Å²) in [6.07, 6.45) is 6.40. The maximum atomic E-state index is 5.48. The molecule has 100 valence electrons. The molecule has 18 heavy (non-hydrogen) atoms. The monoisotopic (exact) mass is 312 g/mol. The maximum absolute atomic E-state index is 5.48. The van der Waals surface area contributed by atoms with Crippen molar-refractivity contribution in [3.8, 4) is 11.5 Å². The zero-order valence-electron chi connectivity index (χ0n) is 11.5. The molecule has 1 aromatic rings. The number of hydrogen-bond donors (Lipinski definition) is 0. The van der Waals surface area contributed by atoms with Crippen molar-refractivity contribution in [2.45, 2.75) is 32.6 Å². The van der Waals surface area contributed by atoms with Gasteiger partial charge in [-0.3, -0.25) is 0 Å². The van der Waals surface area contributed by atoms with Gasteiger partial charge < -0.3 is 9.47 Å². The van der Waals surface area contributed by atoms with Gasteiger partial charge in [-0.1, -0.05) is 19.1 Å². The van der Waals surface area contributed by atoms with Gasteiger partial charge in [0.15, 0.2) is 0 Å². The summed E-state index contributed by atoms with van der Waals surface area (Å²) in [5, 5.41) is 0. The Bertz CT molecular complexity index is 413. The van der Waals surface area contributed by atoms with Crippen LogP contribution in [0.15, 0.2) is 28.8 Å². The quantitative estimate of drug-likeness (QED) is 0.694. The van der Waals surface area contributed by atoms with Gasteiger partial charge >= 0.3 is 0 Å². The van der Waals surface area contributed by atoms with Gasteiger partial charge in [0.05, 0.1) is 18.7 Å². The van der Waals surface area contributed by atoms with E-state index in [1.165, 1.54) is 5.56 Å². The van der Waals surface area contributed by atoms with Crippen molar-refractivity contribution >= 4 is 15.9 Å². The van der Waals surface area contributed by atoms with Crippen LogP contribution in [0.3, 0.4) is 0 Å². The summed E-state index contributed by atoms with van der Waals surface area (Å²) in [4.78, 5) is 0. The van der Waals surface area contributed by atoms with E-state index < -0.39 is 0 Å². The van der Waals surface area contributed by atoms with Crippen LogP contribution in [0.5, 0.6) is 11.5 Å². The van der Waals surface area contributed by atoms with E-state index in [9.17, 15) is 0 Å². The zero-order valence-corrected chi connectivity index (χ0v) is 13.1. The molecule has 0 bridgehead atoms. The molecule has 0 N–H and O–H groups in total. The summed E-state index contributed by atoms with van der Waals surface area (Å²) in [6, 6.07) is 4.05. The van der Waals surface area contributed by atoms with Crippen LogP contribution < -0.4 is 9.47 Å². The molecule has 0 heterocycles. The second-order valence-electron chi connectivity index (χ2n) is 4.14. The number of hydrogen-bond acceptors (Lipinski definition) is 2. The van der Waals surface area contributed by atoms with Gasteiger partial charge in [0, 0.05) is 6.07 Å². The van der Waals surface area contributed by atoms with Gasteiger partial charge in [0.1, 0.15) is 11.5 Å². The average molecular weight is 313 g/mol. The SMILES string of the molecule is C/C=C\CC(CC)c1cc(Br)c(OC)cc1OC. The van der Waals surface area contributed by atoms with E-state index >= 15 is 0 Å². The van der Waals surface area contributed by atoms with Crippen LogP contribution in [0.1, 0.15) is 38.2 Å². The fourth-order valence-electron chi connectivity index (χ4n) is 2.02. The third-order valence-corrected chi connectivity index (χ3v) is 3.71. The first-order valence-corrected chi connectivity index (χ1v) is 6.99. The second-order valence-corrected chi connectivity index (χ2v) is 4.99. The molecule has 0 aliphatic carbocycles. The molecule has 2 nitrogen and oxygen atoms in total. The second kappa shape index (κ2) is 7.47. The Kier molecular flexibility index (Phi) is 6.27. The molecule has 1 unspecified atom stereocenters. The molecule has 0 saturated carbocycles. The topological polar surface area (TPSA) is 18.5 Å². The fourth-order valence-corrected chi connectivity index (χ4v) is 2.54. The lowest BCUT2D eigenvalue weighted by Crippen LogP contribution is -2.01. The Morgan fingerprint density at radius 3 is 2.39 bits per heavy atom. The van der Waals surface area contributed by atoms with Gasteiger partial charge in [-0.25, -0.2) is 0 Å². The smallest absolute Gasteiger partial charge is 0.136 e. The highest BCUT2D eigenvalue weighted by Crippen LogP contribution is 2.38. The van der Waals surface area contributed by atoms with Crippen LogP contribution in [0.2, 0.25) is 0 Å². The summed E-state index contributed by atoms with van der Waals surface area (Å²) in [5.41, 5.74) is 1.23. The first-order valence-electron chi connectivity index (χ1n) is 6.20. The van der Waals surface area contributed by atoms with Gasteiger partial charge in [-0.2, -0.15) is 0 Å². The lowest BCUT2D eigenvalue weighted by molar-refractivity contribution is 0.386. The fraction of sp³-hybridized carbons (Fsp3) is 0.467. The molecule has 0 aromatic heterocycles. The van der Waals surface area contributed by atoms with Crippen molar-refractivity contribution in [2.24, 2.45) is 0 Å². The van der Waals surface area contributed by atoms with Gasteiger partial charge in [0.25, 0.3) is 0 Å². The number of ether oxygens (including phenoxy) is 2. The van der Waals surface area contributed by atoms with Crippen molar-refractivity contribution in [3.05, 3.63) is 34.3 Å². The van der Waals surface area contributed by atoms with Crippen LogP contribution in [0.4, 0.5) is 0 Å². The normalized spacial score (nSPS) is 12.7. The molecule has 0 aliphatic heterocycles. The van der Waals surface area contributed by atoms with Crippen molar-refractivity contribution in [2.75, 3.05) is 14.2 Å². The van der Waals surface area contributed by atoms with E-state index in [1.807, 2.05) is 13.0 Å². The van der Waals surface area contributed by atoms with E-state index in [1.54, 1.807) is 14.2 Å². The number of rotatable bonds is 6. The summed E-state index contributed by atoms with van der Waals surface area (Å²) >= 11 is 3.54. The molecule has 0 saturated heterocycles. The minimum Gasteiger partial charge on any atom is -0.496 e. The predicted octanol–water partition coefficient (Wildman–Crippen LogP) is 4.93. The molecular formula is C15H21BrO2. The molecule has 0 spiro atoms. The predicted molar refractivity (Wildman–Crippen MR) is 79.7 cm³/mol. The third-order valence-electron chi connectivity index (χ3n) is 3.09. The van der Waals surface area contributed by atoms with E-state index in [2.05, 4.69) is 41.1 Å². The van der Waals surface area contributed by atoms with E-state index in [0.717, 1.165) is 28.8 Å². The highest BCUT2D eigenvalue weighted by atomic mass is 79.9. The summed E-state index contributed by atoms with van der Waals surface area (Å²) in [5.74, 6) is 2.17. The van der Waals surface area contributed by atoms with Gasteiger partial charge in [0.2, 0.25) is 0 Å². The van der Waals surface area contributed by atoms with Crippen LogP contribution in [-0.4, -0.2) is 14.2 Å². The molecule has 3 heteroatoms. The first kappa shape index (κ1) is 15.1. The van der Waals surface area contributed by atoms with Crippen molar-refractivity contribution in [1.82, 2.24) is 0 Å². The van der Waals surface area contributed by atoms with E-state index in [4.69, 9.17) is 9.47 Å². The first-order chi connectivity index (χ1) is 8.67. The highest BCUT2D eigenvalue weighted by Gasteiger charge is 2.16. The van der Waals surface area contributed by atoms with Crippen molar-refractivity contribution in [1.29, 1.82) is 0 Å². The van der Waals surface area contributed by atoms with Crippen LogP contribution in [0.25, 0.3) is 0 Å². The Labute approximate surface area is 118 Å². The molecule has 1 aromatic carbocycles. The Morgan fingerprint density at radius 2 is 1.89 bits per heavy atom. The van der Waals surface area contributed by atoms with Gasteiger partial charge in [-0.15, -0.1) is 0 Å². The molecule has 1 rings (SSSR count). The standard InChI is InChI=1S/C15H21BrO2/c1-5-7-8-11(6-2)12-9-13(16)15(18-4)10-14(12)17-3/h5,7,9-11H,6,8H2,1-4H3/b7-5-. The maximum Gasteiger partial charge on any atom is 0.136 e. The molecular weight excluding hydrogens is 292 g/mol. The highest BCUT2D eigenvalue weighted by molar-refractivity contribution is 9.10. The minimum absolute atomic E-state index is 0.471. The molecule has 0 amide bonds. The third kappa shape index (κ3) is 3.52. The van der Waals surface area contributed by atoms with Gasteiger partial charge in [-0.05, 0) is 53.2 Å². The Hall–Kier alpha value is -0.960. The van der Waals surface area contributed by atoms with Crippen molar-refractivity contribution < 1.29 is 9.47 Å². The molecule has 0 radical (unpaired) electrons. The summed E-state index contributed by atoms with van der Waals surface area (Å²) < 4.78 is 11.7. The summed E-state index contributed by atoms with van der Waals surface area (Å²) in [7, 11) is 3.37. The Morgan fingerprint density at radius 1 is 1.22 bits per heavy atom. The molecule has 1 atom stereocenters. The largest absolute Gasteiger partial charge is 0.496 e. The zero-order chi connectivity index (χ0) is 13.5. The van der Waals surface area contributed by atoms with E-state index in [0.29, 0.717) is 5.92 Å². The average Bonchev–Trinajstić information content (AvgIpc) is 2.40. The molecule has 0 aliphatic rings. The van der Waals surface area contributed by atoms with Crippen LogP contribution in [-0.2, 0) is 0 Å². The van der Waals surface area contributed by atoms with Crippen molar-refractivity contribution in [3.63, 3.8) is 0 Å². The lowest BCUT2D eigenvalue weighted by atomic mass is 9.92. The summed E-state index contributed by atoms with van der Waals surface area (Å²) in [6.45, 7) is 4.25. The lowest BCUT2D eigenvalue weighted by Gasteiger charge is -2.18. The number of halogens is 1. The number of methoxy groups -OCH3 is 2. The molecule has 0 fully saturated rings.